The molecule has 3 aromatic carbocycles. The topological polar surface area (TPSA) is 65.0 Å². The predicted molar refractivity (Wildman–Crippen MR) is 110 cm³/mol. The van der Waals surface area contributed by atoms with E-state index in [1.54, 1.807) is 24.3 Å². The standard InChI is InChI=1S/C24H18O5/c1-27-23-14-16(7-12-21(23)25)13-18-15-22(29-24(18)26)17-8-10-20(11-9-17)28-19-5-3-2-4-6-19/h2-15,25H,1H3/b18-13+. The molecule has 1 aliphatic heterocycles. The van der Waals surface area contributed by atoms with Crippen molar-refractivity contribution >= 4 is 17.8 Å². The van der Waals surface area contributed by atoms with E-state index >= 15 is 0 Å². The molecule has 0 atom stereocenters. The molecule has 3 aromatic rings. The van der Waals surface area contributed by atoms with E-state index in [1.807, 2.05) is 54.6 Å². The second-order valence-electron chi connectivity index (χ2n) is 6.37. The molecule has 1 heterocycles. The molecule has 0 saturated carbocycles. The zero-order valence-electron chi connectivity index (χ0n) is 15.7. The highest BCUT2D eigenvalue weighted by molar-refractivity contribution is 6.05. The van der Waals surface area contributed by atoms with Crippen LogP contribution in [0, 0.1) is 0 Å². The fraction of sp³-hybridized carbons (Fsp3) is 0.0417. The molecular weight excluding hydrogens is 368 g/mol. The van der Waals surface area contributed by atoms with Gasteiger partial charge in [-0.15, -0.1) is 0 Å². The largest absolute Gasteiger partial charge is 0.504 e. The summed E-state index contributed by atoms with van der Waals surface area (Å²) in [6.07, 6.45) is 3.37. The van der Waals surface area contributed by atoms with Gasteiger partial charge in [0, 0.05) is 5.56 Å². The van der Waals surface area contributed by atoms with Gasteiger partial charge in [-0.1, -0.05) is 24.3 Å². The Hall–Kier alpha value is -3.99. The van der Waals surface area contributed by atoms with Crippen molar-refractivity contribution in [3.05, 3.63) is 95.6 Å². The van der Waals surface area contributed by atoms with Crippen LogP contribution in [-0.4, -0.2) is 18.2 Å². The molecule has 0 saturated heterocycles. The number of ether oxygens (including phenoxy) is 3. The number of hydrogen-bond acceptors (Lipinski definition) is 5. The first-order valence-electron chi connectivity index (χ1n) is 8.98. The van der Waals surface area contributed by atoms with E-state index in [9.17, 15) is 9.90 Å². The number of hydrogen-bond donors (Lipinski definition) is 1. The van der Waals surface area contributed by atoms with Crippen LogP contribution in [0.2, 0.25) is 0 Å². The van der Waals surface area contributed by atoms with Crippen molar-refractivity contribution in [3.63, 3.8) is 0 Å². The van der Waals surface area contributed by atoms with E-state index in [-0.39, 0.29) is 5.75 Å². The van der Waals surface area contributed by atoms with E-state index in [1.165, 1.54) is 13.2 Å². The van der Waals surface area contributed by atoms with Gasteiger partial charge in [-0.25, -0.2) is 4.79 Å². The minimum Gasteiger partial charge on any atom is -0.504 e. The maximum absolute atomic E-state index is 12.2. The predicted octanol–water partition coefficient (Wildman–Crippen LogP) is 5.17. The van der Waals surface area contributed by atoms with Crippen LogP contribution in [-0.2, 0) is 9.53 Å². The van der Waals surface area contributed by atoms with Gasteiger partial charge in [0.15, 0.2) is 11.5 Å². The molecule has 29 heavy (non-hydrogen) atoms. The van der Waals surface area contributed by atoms with Gasteiger partial charge in [0.25, 0.3) is 0 Å². The monoisotopic (exact) mass is 386 g/mol. The molecular formula is C24H18O5. The van der Waals surface area contributed by atoms with Gasteiger partial charge in [-0.05, 0) is 66.2 Å². The number of aromatic hydroxyl groups is 1. The lowest BCUT2D eigenvalue weighted by Gasteiger charge is -2.06. The lowest BCUT2D eigenvalue weighted by molar-refractivity contribution is -0.130. The molecule has 0 fully saturated rings. The summed E-state index contributed by atoms with van der Waals surface area (Å²) in [5, 5.41) is 9.69. The summed E-state index contributed by atoms with van der Waals surface area (Å²) in [4.78, 5) is 12.2. The molecule has 1 N–H and O–H groups in total. The van der Waals surface area contributed by atoms with Crippen LogP contribution in [0.5, 0.6) is 23.0 Å². The van der Waals surface area contributed by atoms with Gasteiger partial charge < -0.3 is 19.3 Å². The Morgan fingerprint density at radius 3 is 2.38 bits per heavy atom. The minimum absolute atomic E-state index is 0.0395. The number of methoxy groups -OCH3 is 1. The summed E-state index contributed by atoms with van der Waals surface area (Å²) in [7, 11) is 1.47. The Morgan fingerprint density at radius 1 is 0.931 bits per heavy atom. The molecule has 0 spiro atoms. The molecule has 0 aromatic heterocycles. The van der Waals surface area contributed by atoms with Gasteiger partial charge in [-0.2, -0.15) is 0 Å². The quantitative estimate of drug-likeness (QED) is 0.484. The first-order chi connectivity index (χ1) is 14.1. The summed E-state index contributed by atoms with van der Waals surface area (Å²) >= 11 is 0. The summed E-state index contributed by atoms with van der Waals surface area (Å²) in [6.45, 7) is 0. The lowest BCUT2D eigenvalue weighted by Crippen LogP contribution is -1.97. The molecule has 0 amide bonds. The minimum atomic E-state index is -0.434. The third kappa shape index (κ3) is 4.14. The number of cyclic esters (lactones) is 1. The maximum Gasteiger partial charge on any atom is 0.343 e. The van der Waals surface area contributed by atoms with Crippen molar-refractivity contribution in [2.75, 3.05) is 7.11 Å². The third-order valence-electron chi connectivity index (χ3n) is 4.37. The number of phenolic OH excluding ortho intramolecular Hbond substituents is 1. The van der Waals surface area contributed by atoms with Crippen molar-refractivity contribution in [1.29, 1.82) is 0 Å². The molecule has 0 radical (unpaired) electrons. The van der Waals surface area contributed by atoms with Crippen LogP contribution in [0.3, 0.4) is 0 Å². The fourth-order valence-corrected chi connectivity index (χ4v) is 2.91. The van der Waals surface area contributed by atoms with Crippen molar-refractivity contribution in [3.8, 4) is 23.0 Å². The molecule has 0 aliphatic carbocycles. The van der Waals surface area contributed by atoms with Crippen molar-refractivity contribution in [1.82, 2.24) is 0 Å². The van der Waals surface area contributed by atoms with Crippen LogP contribution < -0.4 is 9.47 Å². The van der Waals surface area contributed by atoms with E-state index in [2.05, 4.69) is 0 Å². The molecule has 5 heteroatoms. The molecule has 0 bridgehead atoms. The highest BCUT2D eigenvalue weighted by atomic mass is 16.5. The highest BCUT2D eigenvalue weighted by Gasteiger charge is 2.22. The van der Waals surface area contributed by atoms with E-state index in [0.29, 0.717) is 22.8 Å². The number of phenols is 1. The summed E-state index contributed by atoms with van der Waals surface area (Å²) in [6, 6.07) is 21.7. The fourth-order valence-electron chi connectivity index (χ4n) is 2.91. The van der Waals surface area contributed by atoms with E-state index in [4.69, 9.17) is 14.2 Å². The second kappa shape index (κ2) is 7.94. The second-order valence-corrected chi connectivity index (χ2v) is 6.37. The lowest BCUT2D eigenvalue weighted by atomic mass is 10.1. The average Bonchev–Trinajstić information content (AvgIpc) is 3.11. The number of rotatable bonds is 5. The Kier molecular flexibility index (Phi) is 5.03. The zero-order chi connectivity index (χ0) is 20.2. The Labute approximate surface area is 168 Å². The van der Waals surface area contributed by atoms with Crippen LogP contribution in [0.1, 0.15) is 11.1 Å². The smallest absolute Gasteiger partial charge is 0.343 e. The number of carbonyl (C=O) groups is 1. The van der Waals surface area contributed by atoms with Crippen LogP contribution in [0.4, 0.5) is 0 Å². The highest BCUT2D eigenvalue weighted by Crippen LogP contribution is 2.31. The summed E-state index contributed by atoms with van der Waals surface area (Å²) in [5.41, 5.74) is 1.90. The SMILES string of the molecule is COc1cc(/C=C2\C=C(c3ccc(Oc4ccccc4)cc3)OC2=O)ccc1O. The van der Waals surface area contributed by atoms with Crippen LogP contribution >= 0.6 is 0 Å². The van der Waals surface area contributed by atoms with Gasteiger partial charge >= 0.3 is 5.97 Å². The maximum atomic E-state index is 12.2. The number of benzene rings is 3. The Morgan fingerprint density at radius 2 is 1.66 bits per heavy atom. The van der Waals surface area contributed by atoms with E-state index < -0.39 is 5.97 Å². The normalized spacial score (nSPS) is 14.4. The van der Waals surface area contributed by atoms with Gasteiger partial charge in [0.2, 0.25) is 0 Å². The number of para-hydroxylation sites is 1. The Bertz CT molecular complexity index is 1100. The van der Waals surface area contributed by atoms with Gasteiger partial charge in [0.1, 0.15) is 17.3 Å². The Balaban J connectivity index is 1.54. The van der Waals surface area contributed by atoms with Crippen LogP contribution in [0.15, 0.2) is 84.4 Å². The number of esters is 1. The molecule has 144 valence electrons. The molecule has 4 rings (SSSR count). The average molecular weight is 386 g/mol. The van der Waals surface area contributed by atoms with E-state index in [0.717, 1.165) is 16.9 Å². The number of carbonyl (C=O) groups excluding carboxylic acids is 1. The van der Waals surface area contributed by atoms with Gasteiger partial charge in [-0.3, -0.25) is 0 Å². The van der Waals surface area contributed by atoms with Crippen molar-refractivity contribution in [2.24, 2.45) is 0 Å². The first-order valence-corrected chi connectivity index (χ1v) is 8.98. The van der Waals surface area contributed by atoms with Gasteiger partial charge in [0.05, 0.1) is 12.7 Å². The zero-order valence-corrected chi connectivity index (χ0v) is 15.7. The van der Waals surface area contributed by atoms with Crippen LogP contribution in [0.25, 0.3) is 11.8 Å². The molecule has 5 nitrogen and oxygen atoms in total. The molecule has 0 unspecified atom stereocenters. The summed E-state index contributed by atoms with van der Waals surface area (Å²) < 4.78 is 16.3. The summed E-state index contributed by atoms with van der Waals surface area (Å²) in [5.74, 6) is 1.86. The van der Waals surface area contributed by atoms with Crippen molar-refractivity contribution in [2.45, 2.75) is 0 Å². The first kappa shape index (κ1) is 18.4. The molecule has 1 aliphatic rings. The third-order valence-corrected chi connectivity index (χ3v) is 4.37. The van der Waals surface area contributed by atoms with Crippen molar-refractivity contribution < 1.29 is 24.1 Å².